The predicted octanol–water partition coefficient (Wildman–Crippen LogP) is 2.61. The van der Waals surface area contributed by atoms with Crippen LogP contribution < -0.4 is 5.32 Å². The van der Waals surface area contributed by atoms with Crippen molar-refractivity contribution in [2.75, 3.05) is 6.61 Å². The average molecular weight is 354 g/mol. The maximum absolute atomic E-state index is 11.9. The molecule has 0 spiro atoms. The van der Waals surface area contributed by atoms with Crippen LogP contribution in [0.1, 0.15) is 31.1 Å². The standard InChI is InChI=1S/C15H16BrNO4/c1-9(2)14(17-10(3)18)15(20)21-8-13(19)11-4-6-12(16)7-5-11/h4-7H,8H2,1-3H3,(H,17,18). The molecule has 0 aliphatic heterocycles. The fraction of sp³-hybridized carbons (Fsp3) is 0.267. The molecule has 1 amide bonds. The molecule has 0 saturated heterocycles. The Morgan fingerprint density at radius 2 is 1.67 bits per heavy atom. The van der Waals surface area contributed by atoms with E-state index in [9.17, 15) is 14.4 Å². The van der Waals surface area contributed by atoms with Crippen LogP contribution in [0.25, 0.3) is 0 Å². The quantitative estimate of drug-likeness (QED) is 0.501. The van der Waals surface area contributed by atoms with Gasteiger partial charge in [0.15, 0.2) is 12.4 Å². The molecule has 0 atom stereocenters. The molecular weight excluding hydrogens is 338 g/mol. The Morgan fingerprint density at radius 3 is 2.14 bits per heavy atom. The average Bonchev–Trinajstić information content (AvgIpc) is 2.42. The summed E-state index contributed by atoms with van der Waals surface area (Å²) < 4.78 is 5.80. The molecule has 21 heavy (non-hydrogen) atoms. The minimum absolute atomic E-state index is 0.0612. The highest BCUT2D eigenvalue weighted by Crippen LogP contribution is 2.11. The minimum atomic E-state index is -0.726. The van der Waals surface area contributed by atoms with E-state index in [0.29, 0.717) is 11.1 Å². The number of ether oxygens (including phenoxy) is 1. The van der Waals surface area contributed by atoms with E-state index >= 15 is 0 Å². The number of hydrogen-bond donors (Lipinski definition) is 1. The topological polar surface area (TPSA) is 72.5 Å². The molecular formula is C15H16BrNO4. The first-order valence-electron chi connectivity index (χ1n) is 6.22. The summed E-state index contributed by atoms with van der Waals surface area (Å²) in [4.78, 5) is 34.8. The molecule has 0 heterocycles. The van der Waals surface area contributed by atoms with Crippen LogP contribution in [0.2, 0.25) is 0 Å². The normalized spacial score (nSPS) is 9.71. The minimum Gasteiger partial charge on any atom is -0.453 e. The van der Waals surface area contributed by atoms with E-state index in [1.165, 1.54) is 6.92 Å². The molecule has 1 aromatic carbocycles. The van der Waals surface area contributed by atoms with Crippen LogP contribution in [0, 0.1) is 0 Å². The number of allylic oxidation sites excluding steroid dienone is 1. The highest BCUT2D eigenvalue weighted by molar-refractivity contribution is 9.10. The summed E-state index contributed by atoms with van der Waals surface area (Å²) in [6.07, 6.45) is 0. The van der Waals surface area contributed by atoms with Crippen LogP contribution in [0.5, 0.6) is 0 Å². The molecule has 1 N–H and O–H groups in total. The van der Waals surface area contributed by atoms with Crippen molar-refractivity contribution in [2.45, 2.75) is 20.8 Å². The predicted molar refractivity (Wildman–Crippen MR) is 81.6 cm³/mol. The van der Waals surface area contributed by atoms with Gasteiger partial charge in [0.2, 0.25) is 5.91 Å². The Bertz CT molecular complexity index is 586. The summed E-state index contributed by atoms with van der Waals surface area (Å²) in [6.45, 7) is 4.26. The summed E-state index contributed by atoms with van der Waals surface area (Å²) in [5, 5.41) is 2.40. The maximum Gasteiger partial charge on any atom is 0.355 e. The van der Waals surface area contributed by atoms with Gasteiger partial charge in [-0.3, -0.25) is 9.59 Å². The summed E-state index contributed by atoms with van der Waals surface area (Å²) in [5.74, 6) is -1.41. The number of rotatable bonds is 5. The summed E-state index contributed by atoms with van der Waals surface area (Å²) in [6, 6.07) is 6.73. The van der Waals surface area contributed by atoms with E-state index in [1.807, 2.05) is 0 Å². The fourth-order valence-electron chi connectivity index (χ4n) is 1.48. The molecule has 6 heteroatoms. The van der Waals surface area contributed by atoms with Crippen molar-refractivity contribution in [3.05, 3.63) is 45.6 Å². The summed E-state index contributed by atoms with van der Waals surface area (Å²) in [5.41, 5.74) is 1.11. The Kier molecular flexibility index (Phi) is 6.30. The zero-order chi connectivity index (χ0) is 16.0. The number of Topliss-reactive ketones (excluding diaryl/α,β-unsaturated/α-hetero) is 1. The number of carbonyl (C=O) groups excluding carboxylic acids is 3. The van der Waals surface area contributed by atoms with Crippen molar-refractivity contribution in [3.8, 4) is 0 Å². The number of halogens is 1. The fourth-order valence-corrected chi connectivity index (χ4v) is 1.74. The second kappa shape index (κ2) is 7.73. The lowest BCUT2D eigenvalue weighted by molar-refractivity contribution is -0.139. The first-order valence-corrected chi connectivity index (χ1v) is 7.01. The largest absolute Gasteiger partial charge is 0.453 e. The van der Waals surface area contributed by atoms with Crippen LogP contribution >= 0.6 is 15.9 Å². The highest BCUT2D eigenvalue weighted by Gasteiger charge is 2.16. The van der Waals surface area contributed by atoms with Gasteiger partial charge >= 0.3 is 5.97 Å². The lowest BCUT2D eigenvalue weighted by Gasteiger charge is -2.10. The highest BCUT2D eigenvalue weighted by atomic mass is 79.9. The van der Waals surface area contributed by atoms with Gasteiger partial charge in [-0.25, -0.2) is 4.79 Å². The van der Waals surface area contributed by atoms with E-state index in [-0.39, 0.29) is 24.0 Å². The first-order chi connectivity index (χ1) is 9.81. The Balaban J connectivity index is 2.67. The van der Waals surface area contributed by atoms with Gasteiger partial charge < -0.3 is 10.1 Å². The molecule has 1 rings (SSSR count). The van der Waals surface area contributed by atoms with Gasteiger partial charge in [-0.05, 0) is 31.6 Å². The second-order valence-corrected chi connectivity index (χ2v) is 5.48. The molecule has 0 bridgehead atoms. The summed E-state index contributed by atoms with van der Waals surface area (Å²) in [7, 11) is 0. The number of ketones is 1. The van der Waals surface area contributed by atoms with Gasteiger partial charge in [0, 0.05) is 17.0 Å². The molecule has 112 valence electrons. The van der Waals surface area contributed by atoms with Crippen LogP contribution in [-0.4, -0.2) is 24.3 Å². The van der Waals surface area contributed by atoms with Crippen LogP contribution in [0.15, 0.2) is 40.0 Å². The van der Waals surface area contributed by atoms with E-state index in [2.05, 4.69) is 21.2 Å². The lowest BCUT2D eigenvalue weighted by atomic mass is 10.1. The van der Waals surface area contributed by atoms with Crippen molar-refractivity contribution in [1.82, 2.24) is 5.32 Å². The molecule has 0 aliphatic rings. The second-order valence-electron chi connectivity index (χ2n) is 4.56. The molecule has 0 unspecified atom stereocenters. The van der Waals surface area contributed by atoms with E-state index in [0.717, 1.165) is 4.47 Å². The monoisotopic (exact) mass is 353 g/mol. The van der Waals surface area contributed by atoms with Crippen molar-refractivity contribution >= 4 is 33.6 Å². The zero-order valence-electron chi connectivity index (χ0n) is 12.0. The lowest BCUT2D eigenvalue weighted by Crippen LogP contribution is -2.28. The third kappa shape index (κ3) is 5.51. The number of benzene rings is 1. The van der Waals surface area contributed by atoms with E-state index in [1.54, 1.807) is 38.1 Å². The molecule has 1 aromatic rings. The van der Waals surface area contributed by atoms with Crippen molar-refractivity contribution < 1.29 is 19.1 Å². The van der Waals surface area contributed by atoms with E-state index < -0.39 is 5.97 Å². The van der Waals surface area contributed by atoms with Crippen LogP contribution in [-0.2, 0) is 14.3 Å². The van der Waals surface area contributed by atoms with Crippen LogP contribution in [0.4, 0.5) is 0 Å². The third-order valence-corrected chi connectivity index (χ3v) is 3.03. The number of amides is 1. The van der Waals surface area contributed by atoms with E-state index in [4.69, 9.17) is 4.74 Å². The van der Waals surface area contributed by atoms with Crippen molar-refractivity contribution in [1.29, 1.82) is 0 Å². The Labute approximate surface area is 131 Å². The van der Waals surface area contributed by atoms with Gasteiger partial charge in [-0.1, -0.05) is 28.1 Å². The Morgan fingerprint density at radius 1 is 1.10 bits per heavy atom. The van der Waals surface area contributed by atoms with Gasteiger partial charge in [0.25, 0.3) is 0 Å². The SMILES string of the molecule is CC(=O)NC(C(=O)OCC(=O)c1ccc(Br)cc1)=C(C)C. The third-order valence-electron chi connectivity index (χ3n) is 2.51. The molecule has 0 aliphatic carbocycles. The zero-order valence-corrected chi connectivity index (χ0v) is 13.6. The number of esters is 1. The molecule has 0 aromatic heterocycles. The maximum atomic E-state index is 11.9. The van der Waals surface area contributed by atoms with Crippen molar-refractivity contribution in [2.24, 2.45) is 0 Å². The van der Waals surface area contributed by atoms with Gasteiger partial charge in [-0.2, -0.15) is 0 Å². The molecule has 0 saturated carbocycles. The van der Waals surface area contributed by atoms with Crippen LogP contribution in [0.3, 0.4) is 0 Å². The number of nitrogens with one attached hydrogen (secondary N) is 1. The molecule has 0 fully saturated rings. The number of hydrogen-bond acceptors (Lipinski definition) is 4. The molecule has 0 radical (unpaired) electrons. The number of carbonyl (C=O) groups is 3. The van der Waals surface area contributed by atoms with Gasteiger partial charge in [0.05, 0.1) is 0 Å². The van der Waals surface area contributed by atoms with Crippen molar-refractivity contribution in [3.63, 3.8) is 0 Å². The Hall–Kier alpha value is -1.95. The molecule has 5 nitrogen and oxygen atoms in total. The smallest absolute Gasteiger partial charge is 0.355 e. The first kappa shape index (κ1) is 17.1. The van der Waals surface area contributed by atoms with Gasteiger partial charge in [-0.15, -0.1) is 0 Å². The van der Waals surface area contributed by atoms with Gasteiger partial charge in [0.1, 0.15) is 5.70 Å². The summed E-state index contributed by atoms with van der Waals surface area (Å²) >= 11 is 3.27.